The molecular weight excluding hydrogens is 262 g/mol. The molecule has 0 aliphatic carbocycles. The van der Waals surface area contributed by atoms with Gasteiger partial charge in [-0.05, 0) is 29.9 Å². The Morgan fingerprint density at radius 3 is 3.05 bits per heavy atom. The van der Waals surface area contributed by atoms with Crippen LogP contribution >= 0.6 is 0 Å². The first kappa shape index (κ1) is 15.8. The van der Waals surface area contributed by atoms with Crippen LogP contribution in [0.2, 0.25) is 0 Å². The largest absolute Gasteiger partial charge is 0.385 e. The van der Waals surface area contributed by atoms with Gasteiger partial charge in [0.25, 0.3) is 0 Å². The number of amides is 1. The molecule has 1 amide bonds. The van der Waals surface area contributed by atoms with Gasteiger partial charge >= 0.3 is 0 Å². The minimum Gasteiger partial charge on any atom is -0.385 e. The Balaban J connectivity index is 1.73. The molecule has 116 valence electrons. The second-order valence-electron chi connectivity index (χ2n) is 6.11. The van der Waals surface area contributed by atoms with E-state index in [1.54, 1.807) is 0 Å². The molecule has 3 N–H and O–H groups in total. The van der Waals surface area contributed by atoms with Crippen LogP contribution < -0.4 is 16.0 Å². The number of carbonyl (C=O) groups is 1. The van der Waals surface area contributed by atoms with Gasteiger partial charge in [0.2, 0.25) is 5.91 Å². The summed E-state index contributed by atoms with van der Waals surface area (Å²) in [6.45, 7) is 7.55. The number of benzene rings is 1. The molecule has 0 atom stereocenters. The molecule has 21 heavy (non-hydrogen) atoms. The topological polar surface area (TPSA) is 53.2 Å². The highest BCUT2D eigenvalue weighted by molar-refractivity contribution is 5.76. The first-order valence-corrected chi connectivity index (χ1v) is 7.99. The second kappa shape index (κ2) is 8.03. The lowest BCUT2D eigenvalue weighted by Crippen LogP contribution is -2.30. The summed E-state index contributed by atoms with van der Waals surface area (Å²) in [7, 11) is 0. The fourth-order valence-corrected chi connectivity index (χ4v) is 2.56. The summed E-state index contributed by atoms with van der Waals surface area (Å²) in [5.41, 5.74) is 4.01. The number of hydrogen-bond donors (Lipinski definition) is 3. The fourth-order valence-electron chi connectivity index (χ4n) is 2.56. The molecule has 2 rings (SSSR count). The van der Waals surface area contributed by atoms with E-state index in [-0.39, 0.29) is 5.91 Å². The third-order valence-corrected chi connectivity index (χ3v) is 3.71. The third kappa shape index (κ3) is 5.05. The van der Waals surface area contributed by atoms with Crippen molar-refractivity contribution in [3.05, 3.63) is 29.3 Å². The van der Waals surface area contributed by atoms with Gasteiger partial charge < -0.3 is 16.0 Å². The van der Waals surface area contributed by atoms with E-state index in [2.05, 4.69) is 48.0 Å². The SMILES string of the molecule is CC(C)CNC(=O)CCNCc1cccc2c1NCCC2. The molecule has 1 aliphatic rings. The van der Waals surface area contributed by atoms with E-state index in [1.165, 1.54) is 23.2 Å². The fraction of sp³-hybridized carbons (Fsp3) is 0.588. The summed E-state index contributed by atoms with van der Waals surface area (Å²) >= 11 is 0. The second-order valence-corrected chi connectivity index (χ2v) is 6.11. The zero-order valence-corrected chi connectivity index (χ0v) is 13.2. The number of rotatable bonds is 7. The lowest BCUT2D eigenvalue weighted by atomic mass is 9.99. The summed E-state index contributed by atoms with van der Waals surface area (Å²) in [6.07, 6.45) is 2.91. The van der Waals surface area contributed by atoms with Gasteiger partial charge in [-0.1, -0.05) is 32.0 Å². The Kier molecular flexibility index (Phi) is 6.05. The number of nitrogens with one attached hydrogen (secondary N) is 3. The Labute approximate surface area is 127 Å². The molecule has 0 fully saturated rings. The molecule has 1 aromatic carbocycles. The van der Waals surface area contributed by atoms with Crippen molar-refractivity contribution in [1.82, 2.24) is 10.6 Å². The van der Waals surface area contributed by atoms with Crippen LogP contribution in [0.5, 0.6) is 0 Å². The Bertz CT molecular complexity index is 471. The molecule has 0 bridgehead atoms. The zero-order valence-electron chi connectivity index (χ0n) is 13.2. The van der Waals surface area contributed by atoms with Gasteiger partial charge in [0.05, 0.1) is 0 Å². The summed E-state index contributed by atoms with van der Waals surface area (Å²) < 4.78 is 0. The van der Waals surface area contributed by atoms with Gasteiger partial charge in [0, 0.05) is 38.3 Å². The first-order chi connectivity index (χ1) is 10.2. The molecule has 1 heterocycles. The molecule has 0 unspecified atom stereocenters. The molecule has 1 aromatic rings. The molecule has 4 heteroatoms. The van der Waals surface area contributed by atoms with Crippen molar-refractivity contribution in [3.8, 4) is 0 Å². The maximum atomic E-state index is 11.6. The maximum Gasteiger partial charge on any atom is 0.221 e. The number of carbonyl (C=O) groups excluding carboxylic acids is 1. The highest BCUT2D eigenvalue weighted by Crippen LogP contribution is 2.25. The number of fused-ring (bicyclic) bond motifs is 1. The average Bonchev–Trinajstić information content (AvgIpc) is 2.49. The summed E-state index contributed by atoms with van der Waals surface area (Å²) in [5.74, 6) is 0.633. The minimum atomic E-state index is 0.129. The Hall–Kier alpha value is -1.55. The van der Waals surface area contributed by atoms with E-state index in [0.29, 0.717) is 18.9 Å². The van der Waals surface area contributed by atoms with Gasteiger partial charge in [0.1, 0.15) is 0 Å². The van der Waals surface area contributed by atoms with Crippen molar-refractivity contribution >= 4 is 11.6 Å². The first-order valence-electron chi connectivity index (χ1n) is 7.99. The van der Waals surface area contributed by atoms with Crippen LogP contribution in [-0.4, -0.2) is 25.5 Å². The number of anilines is 1. The van der Waals surface area contributed by atoms with Gasteiger partial charge in [-0.2, -0.15) is 0 Å². The number of aryl methyl sites for hydroxylation is 1. The minimum absolute atomic E-state index is 0.129. The van der Waals surface area contributed by atoms with Gasteiger partial charge in [-0.25, -0.2) is 0 Å². The average molecular weight is 289 g/mol. The molecule has 0 saturated heterocycles. The van der Waals surface area contributed by atoms with E-state index in [0.717, 1.165) is 26.1 Å². The number of hydrogen-bond acceptors (Lipinski definition) is 3. The predicted molar refractivity (Wildman–Crippen MR) is 87.4 cm³/mol. The Morgan fingerprint density at radius 1 is 1.38 bits per heavy atom. The van der Waals surface area contributed by atoms with Gasteiger partial charge in [-0.15, -0.1) is 0 Å². The lowest BCUT2D eigenvalue weighted by molar-refractivity contribution is -0.121. The van der Waals surface area contributed by atoms with E-state index in [9.17, 15) is 4.79 Å². The van der Waals surface area contributed by atoms with E-state index in [1.807, 2.05) is 0 Å². The summed E-state index contributed by atoms with van der Waals surface area (Å²) in [4.78, 5) is 11.6. The summed E-state index contributed by atoms with van der Waals surface area (Å²) in [5, 5.41) is 9.80. The van der Waals surface area contributed by atoms with Crippen LogP contribution in [0.1, 0.15) is 37.8 Å². The Morgan fingerprint density at radius 2 is 2.24 bits per heavy atom. The van der Waals surface area contributed by atoms with Crippen molar-refractivity contribution < 1.29 is 4.79 Å². The van der Waals surface area contributed by atoms with Gasteiger partial charge in [-0.3, -0.25) is 4.79 Å². The highest BCUT2D eigenvalue weighted by atomic mass is 16.1. The van der Waals surface area contributed by atoms with Crippen LogP contribution in [0.25, 0.3) is 0 Å². The van der Waals surface area contributed by atoms with Crippen molar-refractivity contribution in [2.45, 2.75) is 39.7 Å². The van der Waals surface area contributed by atoms with E-state index < -0.39 is 0 Å². The van der Waals surface area contributed by atoms with Gasteiger partial charge in [0.15, 0.2) is 0 Å². The molecule has 0 aromatic heterocycles. The monoisotopic (exact) mass is 289 g/mol. The van der Waals surface area contributed by atoms with Crippen LogP contribution in [0.4, 0.5) is 5.69 Å². The van der Waals surface area contributed by atoms with E-state index >= 15 is 0 Å². The number of para-hydroxylation sites is 1. The zero-order chi connectivity index (χ0) is 15.1. The van der Waals surface area contributed by atoms with Crippen molar-refractivity contribution in [2.75, 3.05) is 25.0 Å². The van der Waals surface area contributed by atoms with Crippen LogP contribution in [0.15, 0.2) is 18.2 Å². The molecule has 4 nitrogen and oxygen atoms in total. The summed E-state index contributed by atoms with van der Waals surface area (Å²) in [6, 6.07) is 6.48. The normalized spacial score (nSPS) is 13.7. The molecule has 1 aliphatic heterocycles. The lowest BCUT2D eigenvalue weighted by Gasteiger charge is -2.21. The molecule has 0 spiro atoms. The van der Waals surface area contributed by atoms with Crippen LogP contribution in [0, 0.1) is 5.92 Å². The molecular formula is C17H27N3O. The molecule has 0 saturated carbocycles. The van der Waals surface area contributed by atoms with Crippen molar-refractivity contribution in [2.24, 2.45) is 5.92 Å². The van der Waals surface area contributed by atoms with E-state index in [4.69, 9.17) is 0 Å². The third-order valence-electron chi connectivity index (χ3n) is 3.71. The predicted octanol–water partition coefficient (Wildman–Crippen LogP) is 2.30. The van der Waals surface area contributed by atoms with Crippen LogP contribution in [-0.2, 0) is 17.8 Å². The molecule has 0 radical (unpaired) electrons. The van der Waals surface area contributed by atoms with Crippen molar-refractivity contribution in [3.63, 3.8) is 0 Å². The maximum absolute atomic E-state index is 11.6. The quantitative estimate of drug-likeness (QED) is 0.675. The highest BCUT2D eigenvalue weighted by Gasteiger charge is 2.11. The van der Waals surface area contributed by atoms with Crippen molar-refractivity contribution in [1.29, 1.82) is 0 Å². The smallest absolute Gasteiger partial charge is 0.221 e. The van der Waals surface area contributed by atoms with Crippen LogP contribution in [0.3, 0.4) is 0 Å². The standard InChI is InChI=1S/C17H27N3O/c1-13(2)11-20-16(21)8-10-18-12-15-6-3-5-14-7-4-9-19-17(14)15/h3,5-6,13,18-19H,4,7-12H2,1-2H3,(H,20,21).